The number of anilines is 1. The van der Waals surface area contributed by atoms with E-state index in [2.05, 4.69) is 5.16 Å². The fourth-order valence-corrected chi connectivity index (χ4v) is 3.59. The molecule has 28 heavy (non-hydrogen) atoms. The number of hydrogen-bond donors (Lipinski definition) is 1. The number of nitrogens with zero attached hydrogens (tertiary/aromatic N) is 3. The summed E-state index contributed by atoms with van der Waals surface area (Å²) in [5.41, 5.74) is 0.559. The summed E-state index contributed by atoms with van der Waals surface area (Å²) in [7, 11) is 6.62. The summed E-state index contributed by atoms with van der Waals surface area (Å²) in [4.78, 5) is 16.6. The number of aliphatic hydroxyl groups is 1. The minimum absolute atomic E-state index is 0.0524. The molecule has 1 heterocycles. The summed E-state index contributed by atoms with van der Waals surface area (Å²) in [5, 5.41) is 13.8. The van der Waals surface area contributed by atoms with Crippen LogP contribution in [0.3, 0.4) is 0 Å². The summed E-state index contributed by atoms with van der Waals surface area (Å²) < 4.78 is 24.3. The molecular formula is C20H26FN3O4. The number of aromatic nitrogens is 1. The molecule has 3 rings (SSSR count). The van der Waals surface area contributed by atoms with E-state index in [9.17, 15) is 14.3 Å². The summed E-state index contributed by atoms with van der Waals surface area (Å²) in [6.45, 7) is 0.503. The number of rotatable bonds is 7. The van der Waals surface area contributed by atoms with Gasteiger partial charge in [-0.15, -0.1) is 0 Å². The third-order valence-corrected chi connectivity index (χ3v) is 5.39. The topological polar surface area (TPSA) is 79.0 Å². The van der Waals surface area contributed by atoms with Crippen molar-refractivity contribution in [3.8, 4) is 17.1 Å². The number of halogens is 1. The molecule has 1 amide bonds. The van der Waals surface area contributed by atoms with Gasteiger partial charge < -0.3 is 24.2 Å². The van der Waals surface area contributed by atoms with Gasteiger partial charge in [-0.1, -0.05) is 11.6 Å². The Morgan fingerprint density at radius 3 is 2.61 bits per heavy atom. The predicted octanol–water partition coefficient (Wildman–Crippen LogP) is 2.79. The van der Waals surface area contributed by atoms with Gasteiger partial charge in [-0.05, 0) is 31.0 Å². The number of hydrogen-bond acceptors (Lipinski definition) is 6. The maximum Gasteiger partial charge on any atom is 0.261 e. The van der Waals surface area contributed by atoms with Crippen molar-refractivity contribution < 1.29 is 23.6 Å². The van der Waals surface area contributed by atoms with Crippen LogP contribution >= 0.6 is 0 Å². The predicted molar refractivity (Wildman–Crippen MR) is 103 cm³/mol. The molecule has 1 aliphatic carbocycles. The molecular weight excluding hydrogens is 365 g/mol. The first-order valence-electron chi connectivity index (χ1n) is 9.19. The molecule has 0 spiro atoms. The van der Waals surface area contributed by atoms with Crippen LogP contribution in [-0.4, -0.2) is 62.5 Å². The van der Waals surface area contributed by atoms with E-state index in [0.717, 1.165) is 19.3 Å². The van der Waals surface area contributed by atoms with Crippen LogP contribution in [0.1, 0.15) is 29.6 Å². The molecule has 0 aliphatic heterocycles. The minimum atomic E-state index is -0.501. The molecule has 7 nitrogen and oxygen atoms in total. The van der Waals surface area contributed by atoms with Crippen LogP contribution in [0.25, 0.3) is 11.3 Å². The summed E-state index contributed by atoms with van der Waals surface area (Å²) >= 11 is 0. The maximum atomic E-state index is 13.8. The number of aliphatic hydroxyl groups excluding tert-OH is 1. The van der Waals surface area contributed by atoms with Gasteiger partial charge in [-0.25, -0.2) is 4.39 Å². The van der Waals surface area contributed by atoms with Gasteiger partial charge in [0.15, 0.2) is 23.1 Å². The Kier molecular flexibility index (Phi) is 5.60. The molecule has 1 aliphatic rings. The fraction of sp³-hybridized carbons (Fsp3) is 0.500. The van der Waals surface area contributed by atoms with Gasteiger partial charge in [0.2, 0.25) is 0 Å². The Hall–Kier alpha value is -2.61. The first-order valence-corrected chi connectivity index (χ1v) is 9.19. The van der Waals surface area contributed by atoms with Crippen molar-refractivity contribution in [1.29, 1.82) is 0 Å². The first-order chi connectivity index (χ1) is 13.3. The van der Waals surface area contributed by atoms with E-state index in [0.29, 0.717) is 23.5 Å². The average molecular weight is 391 g/mol. The number of carbonyl (C=O) groups is 1. The van der Waals surface area contributed by atoms with Gasteiger partial charge in [-0.3, -0.25) is 4.79 Å². The normalized spacial score (nSPS) is 15.1. The Bertz CT molecular complexity index is 856. The van der Waals surface area contributed by atoms with Crippen molar-refractivity contribution in [3.63, 3.8) is 0 Å². The second kappa shape index (κ2) is 7.79. The van der Waals surface area contributed by atoms with E-state index in [-0.39, 0.29) is 29.4 Å². The SMILES string of the molecule is COc1cc(-c2onc(N(C)C)c2C(=O)N(C)CC2(CO)CCC2)ccc1F. The van der Waals surface area contributed by atoms with Crippen molar-refractivity contribution in [1.82, 2.24) is 10.1 Å². The second-order valence-electron chi connectivity index (χ2n) is 7.63. The van der Waals surface area contributed by atoms with Gasteiger partial charge in [0.25, 0.3) is 5.91 Å². The molecule has 1 aromatic carbocycles. The van der Waals surface area contributed by atoms with Crippen molar-refractivity contribution >= 4 is 11.7 Å². The Morgan fingerprint density at radius 2 is 2.07 bits per heavy atom. The maximum absolute atomic E-state index is 13.8. The molecule has 1 aromatic heterocycles. The van der Waals surface area contributed by atoms with Crippen LogP contribution in [0.4, 0.5) is 10.2 Å². The zero-order valence-corrected chi connectivity index (χ0v) is 16.7. The van der Waals surface area contributed by atoms with Crippen LogP contribution in [0.5, 0.6) is 5.75 Å². The zero-order valence-electron chi connectivity index (χ0n) is 16.7. The largest absolute Gasteiger partial charge is 0.494 e. The van der Waals surface area contributed by atoms with E-state index in [1.807, 2.05) is 0 Å². The highest BCUT2D eigenvalue weighted by atomic mass is 19.1. The Labute approximate surface area is 163 Å². The van der Waals surface area contributed by atoms with Gasteiger partial charge in [0, 0.05) is 38.7 Å². The number of carbonyl (C=O) groups excluding carboxylic acids is 1. The molecule has 152 valence electrons. The summed E-state index contributed by atoms with van der Waals surface area (Å²) in [5.74, 6) is -0.0607. The van der Waals surface area contributed by atoms with Crippen LogP contribution in [0, 0.1) is 11.2 Å². The van der Waals surface area contributed by atoms with Crippen molar-refractivity contribution in [2.75, 3.05) is 46.3 Å². The zero-order chi connectivity index (χ0) is 20.5. The second-order valence-corrected chi connectivity index (χ2v) is 7.63. The van der Waals surface area contributed by atoms with Crippen molar-refractivity contribution in [3.05, 3.63) is 29.6 Å². The van der Waals surface area contributed by atoms with Crippen molar-refractivity contribution in [2.24, 2.45) is 5.41 Å². The smallest absolute Gasteiger partial charge is 0.261 e. The first kappa shape index (κ1) is 20.1. The third-order valence-electron chi connectivity index (χ3n) is 5.39. The lowest BCUT2D eigenvalue weighted by Crippen LogP contribution is -2.45. The van der Waals surface area contributed by atoms with Crippen LogP contribution in [-0.2, 0) is 0 Å². The van der Waals surface area contributed by atoms with Gasteiger partial charge in [0.1, 0.15) is 5.56 Å². The van der Waals surface area contributed by atoms with Crippen LogP contribution in [0.15, 0.2) is 22.7 Å². The van der Waals surface area contributed by atoms with E-state index < -0.39 is 5.82 Å². The van der Waals surface area contributed by atoms with Gasteiger partial charge in [-0.2, -0.15) is 0 Å². The molecule has 0 unspecified atom stereocenters. The van der Waals surface area contributed by atoms with E-state index >= 15 is 0 Å². The highest BCUT2D eigenvalue weighted by Crippen LogP contribution is 2.41. The minimum Gasteiger partial charge on any atom is -0.494 e. The highest BCUT2D eigenvalue weighted by Gasteiger charge is 2.39. The molecule has 0 saturated heterocycles. The highest BCUT2D eigenvalue weighted by molar-refractivity contribution is 6.04. The summed E-state index contributed by atoms with van der Waals surface area (Å²) in [6.07, 6.45) is 2.85. The summed E-state index contributed by atoms with van der Waals surface area (Å²) in [6, 6.07) is 4.27. The fourth-order valence-electron chi connectivity index (χ4n) is 3.59. The van der Waals surface area contributed by atoms with Gasteiger partial charge in [0.05, 0.1) is 13.7 Å². The number of ether oxygens (including phenoxy) is 1. The lowest BCUT2D eigenvalue weighted by Gasteiger charge is -2.42. The number of benzene rings is 1. The van der Waals surface area contributed by atoms with E-state index in [1.54, 1.807) is 30.9 Å². The van der Waals surface area contributed by atoms with Gasteiger partial charge >= 0.3 is 0 Å². The van der Waals surface area contributed by atoms with Crippen LogP contribution in [0.2, 0.25) is 0 Å². The molecule has 0 atom stereocenters. The molecule has 1 fully saturated rings. The Balaban J connectivity index is 1.99. The monoisotopic (exact) mass is 391 g/mol. The molecule has 2 aromatic rings. The molecule has 8 heteroatoms. The molecule has 1 saturated carbocycles. The van der Waals surface area contributed by atoms with Crippen LogP contribution < -0.4 is 9.64 Å². The number of amides is 1. The lowest BCUT2D eigenvalue weighted by atomic mass is 9.69. The van der Waals surface area contributed by atoms with E-state index in [1.165, 1.54) is 25.3 Å². The number of methoxy groups -OCH3 is 1. The average Bonchev–Trinajstić information content (AvgIpc) is 3.09. The quantitative estimate of drug-likeness (QED) is 0.782. The lowest BCUT2D eigenvalue weighted by molar-refractivity contribution is 0.0147. The molecule has 0 bridgehead atoms. The Morgan fingerprint density at radius 1 is 1.36 bits per heavy atom. The van der Waals surface area contributed by atoms with E-state index in [4.69, 9.17) is 9.26 Å². The third kappa shape index (κ3) is 3.56. The molecule has 1 N–H and O–H groups in total. The standard InChI is InChI=1S/C20H26FN3O4/c1-23(2)18-16(19(26)24(3)11-20(12-25)8-5-9-20)17(28-22-18)13-6-7-14(21)15(10-13)27-4/h6-7,10,25H,5,8-9,11-12H2,1-4H3. The van der Waals surface area contributed by atoms with Crippen molar-refractivity contribution in [2.45, 2.75) is 19.3 Å². The molecule has 0 radical (unpaired) electrons.